The molecule has 0 N–H and O–H groups in total. The van der Waals surface area contributed by atoms with Crippen LogP contribution in [0.2, 0.25) is 0 Å². The molecule has 1 fully saturated rings. The molecule has 3 aromatic carbocycles. The second-order valence-electron chi connectivity index (χ2n) is 8.67. The Bertz CT molecular complexity index is 1150. The molecule has 0 bridgehead atoms. The Morgan fingerprint density at radius 2 is 1.45 bits per heavy atom. The molecule has 0 aromatic heterocycles. The van der Waals surface area contributed by atoms with Crippen molar-refractivity contribution in [1.82, 2.24) is 9.21 Å². The Kier molecular flexibility index (Phi) is 6.02. The normalized spacial score (nSPS) is 17.9. The van der Waals surface area contributed by atoms with E-state index >= 15 is 0 Å². The minimum Gasteiger partial charge on any atom is -0.283 e. The monoisotopic (exact) mass is 434 g/mol. The van der Waals surface area contributed by atoms with E-state index in [0.717, 1.165) is 28.8 Å². The molecule has 0 spiro atoms. The number of rotatable bonds is 5. The van der Waals surface area contributed by atoms with Gasteiger partial charge in [-0.3, -0.25) is 4.90 Å². The van der Waals surface area contributed by atoms with Gasteiger partial charge in [0.2, 0.25) is 10.0 Å². The van der Waals surface area contributed by atoms with Crippen molar-refractivity contribution in [1.29, 1.82) is 0 Å². The van der Waals surface area contributed by atoms with Gasteiger partial charge in [0.05, 0.1) is 17.6 Å². The molecule has 1 saturated heterocycles. The van der Waals surface area contributed by atoms with Crippen molar-refractivity contribution in [2.75, 3.05) is 13.2 Å². The Morgan fingerprint density at radius 1 is 0.839 bits per heavy atom. The zero-order valence-electron chi connectivity index (χ0n) is 18.7. The molecule has 1 unspecified atom stereocenters. The van der Waals surface area contributed by atoms with Crippen LogP contribution in [0.1, 0.15) is 39.4 Å². The fraction of sp³-hybridized carbons (Fsp3) is 0.308. The van der Waals surface area contributed by atoms with Crippen molar-refractivity contribution in [3.05, 3.63) is 100 Å². The summed E-state index contributed by atoms with van der Waals surface area (Å²) in [5.74, 6) is 0. The van der Waals surface area contributed by atoms with Crippen LogP contribution < -0.4 is 0 Å². The van der Waals surface area contributed by atoms with E-state index in [4.69, 9.17) is 0 Å². The average molecular weight is 435 g/mol. The molecule has 0 amide bonds. The Morgan fingerprint density at radius 3 is 2.06 bits per heavy atom. The van der Waals surface area contributed by atoms with Crippen molar-refractivity contribution in [3.63, 3.8) is 0 Å². The Hall–Kier alpha value is -2.47. The molecule has 5 heteroatoms. The number of sulfonamides is 1. The number of hydrogen-bond donors (Lipinski definition) is 0. The third-order valence-electron chi connectivity index (χ3n) is 6.07. The van der Waals surface area contributed by atoms with Crippen LogP contribution in [-0.2, 0) is 16.6 Å². The zero-order valence-corrected chi connectivity index (χ0v) is 19.5. The fourth-order valence-corrected chi connectivity index (χ4v) is 6.26. The Labute approximate surface area is 186 Å². The highest BCUT2D eigenvalue weighted by atomic mass is 32.2. The van der Waals surface area contributed by atoms with E-state index in [1.165, 1.54) is 11.1 Å². The molecule has 31 heavy (non-hydrogen) atoms. The molecule has 0 radical (unpaired) electrons. The lowest BCUT2D eigenvalue weighted by Crippen LogP contribution is -2.33. The fourth-order valence-electron chi connectivity index (χ4n) is 4.69. The van der Waals surface area contributed by atoms with Gasteiger partial charge >= 0.3 is 0 Å². The van der Waals surface area contributed by atoms with E-state index in [-0.39, 0.29) is 6.04 Å². The first-order valence-electron chi connectivity index (χ1n) is 10.7. The molecular weight excluding hydrogens is 404 g/mol. The SMILES string of the molecule is Cc1ccc(S(=O)(=O)N2CN(Cc3ccccc3)CC2c2c(C)cc(C)cc2C)cc1. The minimum atomic E-state index is -3.63. The van der Waals surface area contributed by atoms with E-state index in [1.54, 1.807) is 16.4 Å². The molecular formula is C26H30N2O2S. The van der Waals surface area contributed by atoms with Gasteiger partial charge in [-0.15, -0.1) is 0 Å². The van der Waals surface area contributed by atoms with E-state index < -0.39 is 10.0 Å². The molecule has 4 nitrogen and oxygen atoms in total. The minimum absolute atomic E-state index is 0.212. The summed E-state index contributed by atoms with van der Waals surface area (Å²) in [5.41, 5.74) is 6.85. The molecule has 1 aliphatic heterocycles. The van der Waals surface area contributed by atoms with Gasteiger partial charge in [-0.2, -0.15) is 4.31 Å². The lowest BCUT2D eigenvalue weighted by Gasteiger charge is -2.26. The summed E-state index contributed by atoms with van der Waals surface area (Å²) in [7, 11) is -3.63. The second-order valence-corrected chi connectivity index (χ2v) is 10.6. The first kappa shape index (κ1) is 21.8. The highest BCUT2D eigenvalue weighted by molar-refractivity contribution is 7.89. The van der Waals surface area contributed by atoms with E-state index in [0.29, 0.717) is 18.1 Å². The van der Waals surface area contributed by atoms with Crippen molar-refractivity contribution in [2.24, 2.45) is 0 Å². The van der Waals surface area contributed by atoms with Gasteiger partial charge in [-0.05, 0) is 62.1 Å². The van der Waals surface area contributed by atoms with E-state index in [9.17, 15) is 8.42 Å². The zero-order chi connectivity index (χ0) is 22.2. The van der Waals surface area contributed by atoms with Gasteiger partial charge in [0.15, 0.2) is 0 Å². The summed E-state index contributed by atoms with van der Waals surface area (Å²) in [6, 6.07) is 21.5. The van der Waals surface area contributed by atoms with E-state index in [1.807, 2.05) is 37.3 Å². The van der Waals surface area contributed by atoms with Crippen molar-refractivity contribution < 1.29 is 8.42 Å². The molecule has 1 atom stereocenters. The van der Waals surface area contributed by atoms with Crippen LogP contribution in [0.3, 0.4) is 0 Å². The van der Waals surface area contributed by atoms with Gasteiger partial charge < -0.3 is 0 Å². The molecule has 0 aliphatic carbocycles. The highest BCUT2D eigenvalue weighted by Crippen LogP contribution is 2.37. The first-order valence-corrected chi connectivity index (χ1v) is 12.1. The molecule has 1 aliphatic rings. The van der Waals surface area contributed by atoms with Gasteiger partial charge in [-0.25, -0.2) is 8.42 Å². The lowest BCUT2D eigenvalue weighted by atomic mass is 9.94. The summed E-state index contributed by atoms with van der Waals surface area (Å²) >= 11 is 0. The number of aryl methyl sites for hydroxylation is 4. The molecule has 1 heterocycles. The maximum atomic E-state index is 13.7. The van der Waals surface area contributed by atoms with Crippen LogP contribution in [0, 0.1) is 27.7 Å². The average Bonchev–Trinajstić information content (AvgIpc) is 3.12. The van der Waals surface area contributed by atoms with Gasteiger partial charge in [0.25, 0.3) is 0 Å². The summed E-state index contributed by atoms with van der Waals surface area (Å²) in [5, 5.41) is 0. The lowest BCUT2D eigenvalue weighted by molar-refractivity contribution is 0.295. The third-order valence-corrected chi connectivity index (χ3v) is 7.92. The van der Waals surface area contributed by atoms with Crippen LogP contribution in [0.5, 0.6) is 0 Å². The molecule has 0 saturated carbocycles. The van der Waals surface area contributed by atoms with Crippen LogP contribution in [-0.4, -0.2) is 30.8 Å². The van der Waals surface area contributed by atoms with Crippen molar-refractivity contribution in [3.8, 4) is 0 Å². The second kappa shape index (κ2) is 8.58. The van der Waals surface area contributed by atoms with Gasteiger partial charge in [0.1, 0.15) is 0 Å². The maximum absolute atomic E-state index is 13.7. The quantitative estimate of drug-likeness (QED) is 0.559. The predicted octanol–water partition coefficient (Wildman–Crippen LogP) is 5.13. The smallest absolute Gasteiger partial charge is 0.244 e. The number of benzene rings is 3. The topological polar surface area (TPSA) is 40.6 Å². The van der Waals surface area contributed by atoms with Crippen molar-refractivity contribution >= 4 is 10.0 Å². The third kappa shape index (κ3) is 4.45. The predicted molar refractivity (Wildman–Crippen MR) is 125 cm³/mol. The van der Waals surface area contributed by atoms with Gasteiger partial charge in [0, 0.05) is 13.1 Å². The standard InChI is InChI=1S/C26H30N2O2S/c1-19-10-12-24(13-11-19)31(29,30)28-18-27(16-23-8-6-5-7-9-23)17-25(28)26-21(3)14-20(2)15-22(26)4/h5-15,25H,16-18H2,1-4H3. The Balaban J connectivity index is 1.75. The highest BCUT2D eigenvalue weighted by Gasteiger charge is 2.41. The first-order chi connectivity index (χ1) is 14.8. The van der Waals surface area contributed by atoms with Crippen LogP contribution in [0.4, 0.5) is 0 Å². The number of nitrogens with zero attached hydrogens (tertiary/aromatic N) is 2. The molecule has 3 aromatic rings. The number of hydrogen-bond acceptors (Lipinski definition) is 3. The maximum Gasteiger partial charge on any atom is 0.244 e. The van der Waals surface area contributed by atoms with Crippen LogP contribution in [0.25, 0.3) is 0 Å². The summed E-state index contributed by atoms with van der Waals surface area (Å²) in [4.78, 5) is 2.58. The van der Waals surface area contributed by atoms with Crippen LogP contribution in [0.15, 0.2) is 71.6 Å². The largest absolute Gasteiger partial charge is 0.283 e. The molecule has 4 rings (SSSR count). The summed E-state index contributed by atoms with van der Waals surface area (Å²) < 4.78 is 29.1. The molecule has 162 valence electrons. The summed E-state index contributed by atoms with van der Waals surface area (Å²) in [6.07, 6.45) is 0. The van der Waals surface area contributed by atoms with E-state index in [2.05, 4.69) is 49.9 Å². The van der Waals surface area contributed by atoms with Crippen molar-refractivity contribution in [2.45, 2.75) is 45.2 Å². The van der Waals surface area contributed by atoms with Crippen LogP contribution >= 0.6 is 0 Å². The van der Waals surface area contributed by atoms with Gasteiger partial charge in [-0.1, -0.05) is 65.7 Å². The summed E-state index contributed by atoms with van der Waals surface area (Å²) in [6.45, 7) is 10.0.